The van der Waals surface area contributed by atoms with Gasteiger partial charge in [0.2, 0.25) is 0 Å². The first-order valence-electron chi connectivity index (χ1n) is 7.24. The molecule has 4 heteroatoms. The summed E-state index contributed by atoms with van der Waals surface area (Å²) in [7, 11) is 1.65. The normalized spacial score (nSPS) is 18.7. The highest BCUT2D eigenvalue weighted by Gasteiger charge is 2.27. The Morgan fingerprint density at radius 3 is 2.37 bits per heavy atom. The molecular formula is C15H27NO3. The van der Waals surface area contributed by atoms with Gasteiger partial charge in [0.1, 0.15) is 11.9 Å². The number of hydrogen-bond acceptors (Lipinski definition) is 3. The van der Waals surface area contributed by atoms with Crippen molar-refractivity contribution < 1.29 is 14.3 Å². The summed E-state index contributed by atoms with van der Waals surface area (Å²) in [4.78, 5) is 24.6. The van der Waals surface area contributed by atoms with E-state index in [-0.39, 0.29) is 6.04 Å². The Morgan fingerprint density at radius 1 is 1.32 bits per heavy atom. The van der Waals surface area contributed by atoms with Crippen molar-refractivity contribution in [2.45, 2.75) is 70.9 Å². The largest absolute Gasteiger partial charge is 0.444 e. The van der Waals surface area contributed by atoms with Gasteiger partial charge in [0.05, 0.1) is 6.04 Å². The summed E-state index contributed by atoms with van der Waals surface area (Å²) in [5.41, 5.74) is -0.524. The minimum absolute atomic E-state index is 0.363. The van der Waals surface area contributed by atoms with Crippen LogP contribution < -0.4 is 0 Å². The minimum Gasteiger partial charge on any atom is -0.444 e. The molecule has 0 aromatic heterocycles. The van der Waals surface area contributed by atoms with E-state index in [1.807, 2.05) is 20.8 Å². The molecule has 0 radical (unpaired) electrons. The highest BCUT2D eigenvalue weighted by atomic mass is 16.6. The van der Waals surface area contributed by atoms with Crippen LogP contribution in [0.2, 0.25) is 0 Å². The summed E-state index contributed by atoms with van der Waals surface area (Å²) in [6, 6.07) is -0.363. The van der Waals surface area contributed by atoms with Crippen molar-refractivity contribution in [1.29, 1.82) is 0 Å². The summed E-state index contributed by atoms with van der Waals surface area (Å²) in [5, 5.41) is 0. The number of rotatable bonds is 4. The first kappa shape index (κ1) is 16.0. The molecule has 110 valence electrons. The lowest BCUT2D eigenvalue weighted by Crippen LogP contribution is -2.42. The quantitative estimate of drug-likeness (QED) is 0.735. The van der Waals surface area contributed by atoms with Gasteiger partial charge in [0, 0.05) is 7.05 Å². The minimum atomic E-state index is -0.524. The van der Waals surface area contributed by atoms with E-state index < -0.39 is 11.7 Å². The fourth-order valence-electron chi connectivity index (χ4n) is 2.54. The fourth-order valence-corrected chi connectivity index (χ4v) is 2.54. The highest BCUT2D eigenvalue weighted by Crippen LogP contribution is 2.28. The summed E-state index contributed by atoms with van der Waals surface area (Å²) < 4.78 is 5.30. The lowest BCUT2D eigenvalue weighted by Gasteiger charge is -2.31. The first-order chi connectivity index (χ1) is 8.83. The molecule has 1 rings (SSSR count). The van der Waals surface area contributed by atoms with Gasteiger partial charge in [-0.3, -0.25) is 0 Å². The molecule has 1 amide bonds. The van der Waals surface area contributed by atoms with E-state index in [1.165, 1.54) is 37.0 Å². The van der Waals surface area contributed by atoms with Gasteiger partial charge in [-0.2, -0.15) is 0 Å². The van der Waals surface area contributed by atoms with E-state index in [2.05, 4.69) is 0 Å². The van der Waals surface area contributed by atoms with Crippen LogP contribution in [0.4, 0.5) is 4.79 Å². The van der Waals surface area contributed by atoms with Crippen LogP contribution >= 0.6 is 0 Å². The molecule has 19 heavy (non-hydrogen) atoms. The summed E-state index contributed by atoms with van der Waals surface area (Å²) in [6.07, 6.45) is 7.35. The molecule has 0 aromatic carbocycles. The standard InChI is InChI=1S/C15H27NO3/c1-15(2,3)19-14(18)16(4)13(11-17)10-12-8-6-5-7-9-12/h11-13H,5-10H2,1-4H3/t13-/m0/s1. The Labute approximate surface area is 116 Å². The first-order valence-corrected chi connectivity index (χ1v) is 7.24. The van der Waals surface area contributed by atoms with Crippen molar-refractivity contribution in [3.8, 4) is 0 Å². The molecule has 0 unspecified atom stereocenters. The molecule has 0 bridgehead atoms. The second kappa shape index (κ2) is 6.92. The summed E-state index contributed by atoms with van der Waals surface area (Å²) in [5.74, 6) is 0.564. The van der Waals surface area contributed by atoms with Crippen molar-refractivity contribution >= 4 is 12.4 Å². The maximum Gasteiger partial charge on any atom is 0.410 e. The van der Waals surface area contributed by atoms with Crippen LogP contribution in [0.1, 0.15) is 59.3 Å². The number of amides is 1. The molecule has 0 aliphatic heterocycles. The number of ether oxygens (including phenoxy) is 1. The molecule has 0 N–H and O–H groups in total. The third-order valence-electron chi connectivity index (χ3n) is 3.64. The van der Waals surface area contributed by atoms with Gasteiger partial charge in [-0.1, -0.05) is 32.1 Å². The molecule has 0 heterocycles. The van der Waals surface area contributed by atoms with Gasteiger partial charge in [-0.15, -0.1) is 0 Å². The molecule has 1 aliphatic rings. The average Bonchev–Trinajstić information content (AvgIpc) is 2.34. The Balaban J connectivity index is 2.52. The smallest absolute Gasteiger partial charge is 0.410 e. The molecular weight excluding hydrogens is 242 g/mol. The van der Waals surface area contributed by atoms with E-state index in [0.29, 0.717) is 5.92 Å². The molecule has 0 saturated heterocycles. The molecule has 1 aliphatic carbocycles. The van der Waals surface area contributed by atoms with Crippen LogP contribution in [0.5, 0.6) is 0 Å². The third-order valence-corrected chi connectivity index (χ3v) is 3.64. The Hall–Kier alpha value is -1.06. The Morgan fingerprint density at radius 2 is 1.89 bits per heavy atom. The van der Waals surface area contributed by atoms with Gasteiger partial charge in [-0.25, -0.2) is 4.79 Å². The van der Waals surface area contributed by atoms with Crippen LogP contribution in [-0.2, 0) is 9.53 Å². The van der Waals surface area contributed by atoms with Gasteiger partial charge >= 0.3 is 6.09 Å². The second-order valence-electron chi connectivity index (χ2n) is 6.53. The number of likely N-dealkylation sites (N-methyl/N-ethyl adjacent to an activating group) is 1. The maximum atomic E-state index is 11.9. The van der Waals surface area contributed by atoms with Crippen molar-refractivity contribution in [1.82, 2.24) is 4.90 Å². The second-order valence-corrected chi connectivity index (χ2v) is 6.53. The van der Waals surface area contributed by atoms with Gasteiger partial charge < -0.3 is 14.4 Å². The molecule has 0 aromatic rings. The predicted octanol–water partition coefficient (Wildman–Crippen LogP) is 3.39. The highest BCUT2D eigenvalue weighted by molar-refractivity contribution is 5.73. The molecule has 1 saturated carbocycles. The van der Waals surface area contributed by atoms with E-state index in [0.717, 1.165) is 12.7 Å². The zero-order valence-corrected chi connectivity index (χ0v) is 12.6. The van der Waals surface area contributed by atoms with Crippen LogP contribution in [0.15, 0.2) is 0 Å². The Kier molecular flexibility index (Phi) is 5.83. The topological polar surface area (TPSA) is 46.6 Å². The molecule has 1 atom stereocenters. The lowest BCUT2D eigenvalue weighted by atomic mass is 9.85. The van der Waals surface area contributed by atoms with Crippen molar-refractivity contribution in [3.63, 3.8) is 0 Å². The fraction of sp³-hybridized carbons (Fsp3) is 0.867. The number of carbonyl (C=O) groups is 2. The maximum absolute atomic E-state index is 11.9. The predicted molar refractivity (Wildman–Crippen MR) is 75.0 cm³/mol. The van der Waals surface area contributed by atoms with Crippen LogP contribution in [0.25, 0.3) is 0 Å². The van der Waals surface area contributed by atoms with Crippen molar-refractivity contribution in [3.05, 3.63) is 0 Å². The molecule has 0 spiro atoms. The number of nitrogens with zero attached hydrogens (tertiary/aromatic N) is 1. The van der Waals surface area contributed by atoms with Crippen LogP contribution in [-0.4, -0.2) is 36.0 Å². The Bertz CT molecular complexity index is 303. The average molecular weight is 269 g/mol. The summed E-state index contributed by atoms with van der Waals surface area (Å²) >= 11 is 0. The molecule has 1 fully saturated rings. The van der Waals surface area contributed by atoms with Crippen molar-refractivity contribution in [2.75, 3.05) is 7.05 Å². The van der Waals surface area contributed by atoms with E-state index in [9.17, 15) is 9.59 Å². The van der Waals surface area contributed by atoms with Crippen molar-refractivity contribution in [2.24, 2.45) is 5.92 Å². The van der Waals surface area contributed by atoms with E-state index in [4.69, 9.17) is 4.74 Å². The van der Waals surface area contributed by atoms with Gasteiger partial charge in [0.25, 0.3) is 0 Å². The number of hydrogen-bond donors (Lipinski definition) is 0. The van der Waals surface area contributed by atoms with Crippen LogP contribution in [0, 0.1) is 5.92 Å². The zero-order valence-electron chi connectivity index (χ0n) is 12.6. The number of aldehydes is 1. The van der Waals surface area contributed by atoms with E-state index in [1.54, 1.807) is 7.05 Å². The summed E-state index contributed by atoms with van der Waals surface area (Å²) in [6.45, 7) is 5.49. The lowest BCUT2D eigenvalue weighted by molar-refractivity contribution is -0.112. The van der Waals surface area contributed by atoms with Gasteiger partial charge in [0.15, 0.2) is 0 Å². The van der Waals surface area contributed by atoms with E-state index >= 15 is 0 Å². The number of carbonyl (C=O) groups excluding carboxylic acids is 2. The zero-order chi connectivity index (χ0) is 14.5. The molecule has 4 nitrogen and oxygen atoms in total. The monoisotopic (exact) mass is 269 g/mol. The SMILES string of the molecule is CN(C(=O)OC(C)(C)C)[C@H](C=O)CC1CCCCC1. The third kappa shape index (κ3) is 5.62. The van der Waals surface area contributed by atoms with Crippen LogP contribution in [0.3, 0.4) is 0 Å². The van der Waals surface area contributed by atoms with Gasteiger partial charge in [-0.05, 0) is 33.1 Å².